The Labute approximate surface area is 160 Å². The van der Waals surface area contributed by atoms with E-state index in [-0.39, 0.29) is 17.9 Å². The number of nitrogens with zero attached hydrogens (tertiary/aromatic N) is 1. The zero-order valence-corrected chi connectivity index (χ0v) is 16.3. The van der Waals surface area contributed by atoms with Gasteiger partial charge in [-0.2, -0.15) is 13.2 Å². The molecule has 1 aliphatic rings. The quantitative estimate of drug-likeness (QED) is 0.700. The van der Waals surface area contributed by atoms with Crippen LogP contribution in [0.1, 0.15) is 32.8 Å². The van der Waals surface area contributed by atoms with Crippen molar-refractivity contribution in [2.75, 3.05) is 13.7 Å². The second kappa shape index (κ2) is 8.00. The first-order valence-corrected chi connectivity index (χ1v) is 9.20. The van der Waals surface area contributed by atoms with Crippen LogP contribution in [0.25, 0.3) is 0 Å². The van der Waals surface area contributed by atoms with Crippen molar-refractivity contribution in [2.45, 2.75) is 55.2 Å². The molecular weight excluding hydrogens is 383 g/mol. The van der Waals surface area contributed by atoms with Gasteiger partial charge in [0.05, 0.1) is 12.7 Å². The van der Waals surface area contributed by atoms with Crippen LogP contribution in [-0.4, -0.2) is 47.5 Å². The molecule has 1 saturated heterocycles. The van der Waals surface area contributed by atoms with E-state index in [0.29, 0.717) is 0 Å². The number of carbonyl (C=O) groups excluding carboxylic acids is 2. The van der Waals surface area contributed by atoms with Crippen LogP contribution in [0.4, 0.5) is 18.0 Å². The molecular formula is C18H22F3NO4S. The standard InChI is InChI=1S/C18H22F3NO4S/c1-17(2,3)26-16(24)22-10-11(9-13(22)15(23)25-4)27-14-8-6-5-7-12(14)18(19,20)21/h5-8,11,13H,9-10H2,1-4H3/t11-,13+/m1/s1. The highest BCUT2D eigenvalue weighted by Gasteiger charge is 2.43. The highest BCUT2D eigenvalue weighted by Crippen LogP contribution is 2.41. The van der Waals surface area contributed by atoms with Crippen LogP contribution in [0.5, 0.6) is 0 Å². The van der Waals surface area contributed by atoms with Gasteiger partial charge in [-0.3, -0.25) is 4.90 Å². The fraction of sp³-hybridized carbons (Fsp3) is 0.556. The summed E-state index contributed by atoms with van der Waals surface area (Å²) in [7, 11) is 1.20. The summed E-state index contributed by atoms with van der Waals surface area (Å²) >= 11 is 0.998. The van der Waals surface area contributed by atoms with Gasteiger partial charge in [0.15, 0.2) is 0 Å². The van der Waals surface area contributed by atoms with E-state index >= 15 is 0 Å². The largest absolute Gasteiger partial charge is 0.467 e. The number of thioether (sulfide) groups is 1. The van der Waals surface area contributed by atoms with Gasteiger partial charge in [-0.05, 0) is 39.3 Å². The minimum Gasteiger partial charge on any atom is -0.467 e. The summed E-state index contributed by atoms with van der Waals surface area (Å²) in [5.74, 6) is -0.618. The number of benzene rings is 1. The lowest BCUT2D eigenvalue weighted by atomic mass is 10.2. The number of ether oxygens (including phenoxy) is 2. The van der Waals surface area contributed by atoms with Gasteiger partial charge in [-0.25, -0.2) is 9.59 Å². The molecule has 150 valence electrons. The van der Waals surface area contributed by atoms with Crippen LogP contribution < -0.4 is 0 Å². The molecule has 0 bridgehead atoms. The number of carbonyl (C=O) groups is 2. The lowest BCUT2D eigenvalue weighted by Crippen LogP contribution is -2.43. The number of hydrogen-bond donors (Lipinski definition) is 0. The Balaban J connectivity index is 2.21. The van der Waals surface area contributed by atoms with Gasteiger partial charge in [-0.15, -0.1) is 11.8 Å². The molecule has 1 amide bonds. The van der Waals surface area contributed by atoms with Gasteiger partial charge in [0.25, 0.3) is 0 Å². The van der Waals surface area contributed by atoms with E-state index in [2.05, 4.69) is 0 Å². The second-order valence-electron chi connectivity index (χ2n) is 7.14. The minimum atomic E-state index is -4.48. The van der Waals surface area contributed by atoms with E-state index in [9.17, 15) is 22.8 Å². The highest BCUT2D eigenvalue weighted by atomic mass is 32.2. The number of likely N-dealkylation sites (tertiary alicyclic amines) is 1. The average molecular weight is 405 g/mol. The van der Waals surface area contributed by atoms with Crippen molar-refractivity contribution in [3.05, 3.63) is 29.8 Å². The van der Waals surface area contributed by atoms with E-state index in [1.807, 2.05) is 0 Å². The normalized spacial score (nSPS) is 20.5. The Morgan fingerprint density at radius 2 is 1.81 bits per heavy atom. The molecule has 1 heterocycles. The molecule has 1 fully saturated rings. The van der Waals surface area contributed by atoms with Crippen molar-refractivity contribution in [3.8, 4) is 0 Å². The number of amides is 1. The number of hydrogen-bond acceptors (Lipinski definition) is 5. The maximum absolute atomic E-state index is 13.2. The summed E-state index contributed by atoms with van der Waals surface area (Å²) in [6.07, 6.45) is -4.98. The molecule has 0 aromatic heterocycles. The predicted molar refractivity (Wildman–Crippen MR) is 94.5 cm³/mol. The molecule has 0 aliphatic carbocycles. The Hall–Kier alpha value is -1.90. The van der Waals surface area contributed by atoms with Gasteiger partial charge >= 0.3 is 18.2 Å². The molecule has 1 aromatic carbocycles. The number of alkyl halides is 3. The fourth-order valence-electron chi connectivity index (χ4n) is 2.75. The maximum atomic E-state index is 13.2. The van der Waals surface area contributed by atoms with Crippen molar-refractivity contribution in [2.24, 2.45) is 0 Å². The summed E-state index contributed by atoms with van der Waals surface area (Å²) < 4.78 is 49.7. The van der Waals surface area contributed by atoms with Crippen molar-refractivity contribution in [1.82, 2.24) is 4.90 Å². The fourth-order valence-corrected chi connectivity index (χ4v) is 4.09. The average Bonchev–Trinajstić information content (AvgIpc) is 2.96. The van der Waals surface area contributed by atoms with Gasteiger partial charge in [0.2, 0.25) is 0 Å². The summed E-state index contributed by atoms with van der Waals surface area (Å²) in [4.78, 5) is 25.8. The van der Waals surface area contributed by atoms with Crippen LogP contribution in [-0.2, 0) is 20.4 Å². The number of rotatable bonds is 3. The molecule has 27 heavy (non-hydrogen) atoms. The topological polar surface area (TPSA) is 55.8 Å². The van der Waals surface area contributed by atoms with Gasteiger partial charge in [0, 0.05) is 16.7 Å². The molecule has 0 saturated carbocycles. The van der Waals surface area contributed by atoms with Crippen LogP contribution in [0.2, 0.25) is 0 Å². The van der Waals surface area contributed by atoms with E-state index in [0.717, 1.165) is 17.8 Å². The third-order valence-corrected chi connectivity index (χ3v) is 5.13. The van der Waals surface area contributed by atoms with Crippen molar-refractivity contribution in [3.63, 3.8) is 0 Å². The first-order valence-electron chi connectivity index (χ1n) is 8.32. The number of esters is 1. The highest BCUT2D eigenvalue weighted by molar-refractivity contribution is 8.00. The third-order valence-electron chi connectivity index (χ3n) is 3.85. The second-order valence-corrected chi connectivity index (χ2v) is 8.48. The smallest absolute Gasteiger partial charge is 0.417 e. The van der Waals surface area contributed by atoms with Crippen LogP contribution in [0.15, 0.2) is 29.2 Å². The molecule has 1 aromatic rings. The Kier molecular flexibility index (Phi) is 6.34. The monoisotopic (exact) mass is 405 g/mol. The lowest BCUT2D eigenvalue weighted by Gasteiger charge is -2.27. The summed E-state index contributed by atoms with van der Waals surface area (Å²) in [5.41, 5.74) is -1.49. The van der Waals surface area contributed by atoms with Gasteiger partial charge in [0.1, 0.15) is 11.6 Å². The molecule has 5 nitrogen and oxygen atoms in total. The number of halogens is 3. The van der Waals surface area contributed by atoms with E-state index in [4.69, 9.17) is 9.47 Å². The van der Waals surface area contributed by atoms with Crippen molar-refractivity contribution in [1.29, 1.82) is 0 Å². The molecule has 0 spiro atoms. The van der Waals surface area contributed by atoms with Crippen LogP contribution in [0.3, 0.4) is 0 Å². The van der Waals surface area contributed by atoms with Crippen molar-refractivity contribution < 1.29 is 32.2 Å². The van der Waals surface area contributed by atoms with E-state index in [1.54, 1.807) is 20.8 Å². The predicted octanol–water partition coefficient (Wildman–Crippen LogP) is 4.35. The minimum absolute atomic E-state index is 0.0599. The first-order chi connectivity index (χ1) is 12.4. The van der Waals surface area contributed by atoms with Crippen LogP contribution >= 0.6 is 11.8 Å². The number of methoxy groups -OCH3 is 1. The molecule has 9 heteroatoms. The Bertz CT molecular complexity index is 703. The molecule has 0 radical (unpaired) electrons. The molecule has 2 atom stereocenters. The van der Waals surface area contributed by atoms with Crippen molar-refractivity contribution >= 4 is 23.8 Å². The lowest BCUT2D eigenvalue weighted by molar-refractivity contribution is -0.145. The molecule has 1 aliphatic heterocycles. The molecule has 0 N–H and O–H groups in total. The summed E-state index contributed by atoms with van der Waals surface area (Å²) in [5, 5.41) is -0.398. The third kappa shape index (κ3) is 5.54. The van der Waals surface area contributed by atoms with Gasteiger partial charge in [-0.1, -0.05) is 12.1 Å². The summed E-state index contributed by atoms with van der Waals surface area (Å²) in [6, 6.07) is 4.36. The first kappa shape index (κ1) is 21.4. The molecule has 0 unspecified atom stereocenters. The van der Waals surface area contributed by atoms with E-state index in [1.165, 1.54) is 30.2 Å². The summed E-state index contributed by atoms with van der Waals surface area (Å²) in [6.45, 7) is 5.17. The Morgan fingerprint density at radius 1 is 1.19 bits per heavy atom. The SMILES string of the molecule is COC(=O)[C@@H]1C[C@@H](Sc2ccccc2C(F)(F)F)CN1C(=O)OC(C)(C)C. The maximum Gasteiger partial charge on any atom is 0.417 e. The van der Waals surface area contributed by atoms with Crippen LogP contribution in [0, 0.1) is 0 Å². The Morgan fingerprint density at radius 3 is 2.37 bits per heavy atom. The molecule has 2 rings (SSSR count). The van der Waals surface area contributed by atoms with E-state index < -0.39 is 40.7 Å². The zero-order valence-electron chi connectivity index (χ0n) is 15.5. The van der Waals surface area contributed by atoms with Gasteiger partial charge < -0.3 is 9.47 Å². The zero-order chi connectivity index (χ0) is 20.4.